The minimum absolute atomic E-state index is 0. The fourth-order valence-corrected chi connectivity index (χ4v) is 4.37. The fraction of sp³-hybridized carbons (Fsp3) is 0.842. The van der Waals surface area contributed by atoms with Crippen LogP contribution in [0, 0.1) is 0 Å². The van der Waals surface area contributed by atoms with Crippen LogP contribution in [0.3, 0.4) is 0 Å². The number of ether oxygens (including phenoxy) is 2. The van der Waals surface area contributed by atoms with Crippen molar-refractivity contribution >= 4 is 29.9 Å². The lowest BCUT2D eigenvalue weighted by molar-refractivity contribution is -0.0432. The highest BCUT2D eigenvalue weighted by atomic mass is 127. The molecule has 1 aromatic heterocycles. The lowest BCUT2D eigenvalue weighted by Gasteiger charge is -2.34. The molecule has 164 valence electrons. The number of halogens is 1. The van der Waals surface area contributed by atoms with E-state index < -0.39 is 0 Å². The molecule has 9 nitrogen and oxygen atoms in total. The van der Waals surface area contributed by atoms with E-state index >= 15 is 0 Å². The predicted molar refractivity (Wildman–Crippen MR) is 122 cm³/mol. The molecule has 0 spiro atoms. The molecule has 0 saturated carbocycles. The van der Waals surface area contributed by atoms with E-state index in [1.807, 2.05) is 4.68 Å². The summed E-state index contributed by atoms with van der Waals surface area (Å²) in [5.74, 6) is 2.66. The predicted octanol–water partition coefficient (Wildman–Crippen LogP) is 0.776. The van der Waals surface area contributed by atoms with Crippen LogP contribution >= 0.6 is 24.0 Å². The zero-order valence-corrected chi connectivity index (χ0v) is 19.8. The maximum Gasteiger partial charge on any atom is 0.191 e. The van der Waals surface area contributed by atoms with Crippen LogP contribution in [-0.4, -0.2) is 83.7 Å². The van der Waals surface area contributed by atoms with Crippen molar-refractivity contribution < 1.29 is 9.47 Å². The Morgan fingerprint density at radius 1 is 1.34 bits per heavy atom. The van der Waals surface area contributed by atoms with Crippen LogP contribution in [0.4, 0.5) is 0 Å². The molecule has 29 heavy (non-hydrogen) atoms. The largest absolute Gasteiger partial charge is 0.377 e. The Morgan fingerprint density at radius 2 is 2.24 bits per heavy atom. The molecule has 0 aliphatic carbocycles. The van der Waals surface area contributed by atoms with Crippen LogP contribution in [0.2, 0.25) is 0 Å². The van der Waals surface area contributed by atoms with Gasteiger partial charge in [-0.15, -0.1) is 24.0 Å². The molecule has 2 N–H and O–H groups in total. The van der Waals surface area contributed by atoms with E-state index in [2.05, 4.69) is 32.5 Å². The van der Waals surface area contributed by atoms with Crippen molar-refractivity contribution in [2.75, 3.05) is 39.9 Å². The Bertz CT molecular complexity index is 684. The number of aromatic nitrogens is 3. The Kier molecular flexibility index (Phi) is 8.51. The van der Waals surface area contributed by atoms with Crippen LogP contribution in [0.5, 0.6) is 0 Å². The number of methoxy groups -OCH3 is 1. The SMILES string of the molecule is CCNC(=NCC1CN2CCCC2CO1)NC1CCc2nc(COC)nn2C1.I. The van der Waals surface area contributed by atoms with E-state index in [1.165, 1.54) is 19.4 Å². The first-order chi connectivity index (χ1) is 13.7. The van der Waals surface area contributed by atoms with E-state index in [4.69, 9.17) is 14.5 Å². The monoisotopic (exact) mass is 519 g/mol. The molecule has 3 aliphatic heterocycles. The van der Waals surface area contributed by atoms with E-state index in [0.29, 0.717) is 19.2 Å². The van der Waals surface area contributed by atoms with E-state index in [-0.39, 0.29) is 36.1 Å². The quantitative estimate of drug-likeness (QED) is 0.326. The van der Waals surface area contributed by atoms with Gasteiger partial charge >= 0.3 is 0 Å². The lowest BCUT2D eigenvalue weighted by Crippen LogP contribution is -2.49. The maximum atomic E-state index is 6.04. The van der Waals surface area contributed by atoms with Crippen molar-refractivity contribution in [3.63, 3.8) is 0 Å². The number of nitrogens with zero attached hydrogens (tertiary/aromatic N) is 5. The van der Waals surface area contributed by atoms with Crippen molar-refractivity contribution in [2.24, 2.45) is 4.99 Å². The summed E-state index contributed by atoms with van der Waals surface area (Å²) in [4.78, 5) is 11.9. The normalized spacial score (nSPS) is 27.1. The third kappa shape index (κ3) is 5.80. The lowest BCUT2D eigenvalue weighted by atomic mass is 10.1. The van der Waals surface area contributed by atoms with Gasteiger partial charge in [0, 0.05) is 38.7 Å². The molecular formula is C19H34IN7O2. The van der Waals surface area contributed by atoms with Gasteiger partial charge in [-0.3, -0.25) is 9.89 Å². The zero-order valence-electron chi connectivity index (χ0n) is 17.5. The number of nitrogens with one attached hydrogen (secondary N) is 2. The fourth-order valence-electron chi connectivity index (χ4n) is 4.37. The second-order valence-electron chi connectivity index (χ2n) is 7.91. The summed E-state index contributed by atoms with van der Waals surface area (Å²) >= 11 is 0. The van der Waals surface area contributed by atoms with Crippen LogP contribution in [0.15, 0.2) is 4.99 Å². The number of fused-ring (bicyclic) bond motifs is 2. The summed E-state index contributed by atoms with van der Waals surface area (Å²) in [6, 6.07) is 0.923. The smallest absolute Gasteiger partial charge is 0.191 e. The first-order valence-corrected chi connectivity index (χ1v) is 10.6. The summed E-state index contributed by atoms with van der Waals surface area (Å²) in [7, 11) is 1.67. The summed E-state index contributed by atoms with van der Waals surface area (Å²) in [5, 5.41) is 11.5. The molecule has 2 saturated heterocycles. The first kappa shape index (κ1) is 22.7. The number of aryl methyl sites for hydroxylation is 1. The Morgan fingerprint density at radius 3 is 3.07 bits per heavy atom. The summed E-state index contributed by atoms with van der Waals surface area (Å²) in [5.41, 5.74) is 0. The minimum atomic E-state index is 0. The van der Waals surface area contributed by atoms with Gasteiger partial charge in [0.1, 0.15) is 12.4 Å². The Hall–Kier alpha value is -0.980. The Balaban J connectivity index is 0.00000240. The highest BCUT2D eigenvalue weighted by molar-refractivity contribution is 14.0. The first-order valence-electron chi connectivity index (χ1n) is 10.6. The van der Waals surface area contributed by atoms with Crippen LogP contribution in [-0.2, 0) is 29.0 Å². The molecule has 2 fully saturated rings. The second-order valence-corrected chi connectivity index (χ2v) is 7.91. The molecule has 0 amide bonds. The maximum absolute atomic E-state index is 6.04. The number of hydrogen-bond acceptors (Lipinski definition) is 6. The topological polar surface area (TPSA) is 88.8 Å². The van der Waals surface area contributed by atoms with E-state index in [9.17, 15) is 0 Å². The number of aliphatic imine (C=N–C) groups is 1. The summed E-state index contributed by atoms with van der Waals surface area (Å²) in [6.45, 7) is 7.94. The molecule has 0 radical (unpaired) electrons. The van der Waals surface area contributed by atoms with Crippen molar-refractivity contribution in [3.05, 3.63) is 11.6 Å². The molecule has 3 atom stereocenters. The zero-order chi connectivity index (χ0) is 19.3. The standard InChI is InChI=1S/C19H33N7O2.HI/c1-3-20-19(21-9-16-11-25-8-4-5-15(25)12-28-16)22-14-6-7-18-23-17(13-27-2)24-26(18)10-14;/h14-16H,3-13H2,1-2H3,(H2,20,21,22);1H. The highest BCUT2D eigenvalue weighted by Crippen LogP contribution is 2.22. The molecule has 0 bridgehead atoms. The van der Waals surface area contributed by atoms with Crippen molar-refractivity contribution in [2.45, 2.75) is 63.9 Å². The number of guanidine groups is 1. The number of morpholine rings is 1. The van der Waals surface area contributed by atoms with Gasteiger partial charge < -0.3 is 20.1 Å². The van der Waals surface area contributed by atoms with Gasteiger partial charge in [0.15, 0.2) is 11.8 Å². The average molecular weight is 519 g/mol. The summed E-state index contributed by atoms with van der Waals surface area (Å²) < 4.78 is 13.2. The Labute approximate surface area is 190 Å². The van der Waals surface area contributed by atoms with Crippen LogP contribution < -0.4 is 10.6 Å². The van der Waals surface area contributed by atoms with E-state index in [0.717, 1.165) is 56.7 Å². The van der Waals surface area contributed by atoms with Gasteiger partial charge in [-0.25, -0.2) is 9.67 Å². The third-order valence-electron chi connectivity index (χ3n) is 5.78. The number of hydrogen-bond donors (Lipinski definition) is 2. The van der Waals surface area contributed by atoms with Gasteiger partial charge in [0.05, 0.1) is 25.8 Å². The van der Waals surface area contributed by atoms with Gasteiger partial charge in [0.2, 0.25) is 0 Å². The molecule has 0 aromatic carbocycles. The molecular weight excluding hydrogens is 485 g/mol. The van der Waals surface area contributed by atoms with Gasteiger partial charge in [-0.2, -0.15) is 5.10 Å². The molecule has 4 heterocycles. The van der Waals surface area contributed by atoms with E-state index in [1.54, 1.807) is 7.11 Å². The minimum Gasteiger partial charge on any atom is -0.377 e. The van der Waals surface area contributed by atoms with Gasteiger partial charge in [-0.05, 0) is 32.7 Å². The van der Waals surface area contributed by atoms with Crippen molar-refractivity contribution in [1.82, 2.24) is 30.3 Å². The average Bonchev–Trinajstić information content (AvgIpc) is 3.32. The molecule has 10 heteroatoms. The third-order valence-corrected chi connectivity index (χ3v) is 5.78. The van der Waals surface area contributed by atoms with Gasteiger partial charge in [0.25, 0.3) is 0 Å². The summed E-state index contributed by atoms with van der Waals surface area (Å²) in [6.07, 6.45) is 4.69. The highest BCUT2D eigenvalue weighted by Gasteiger charge is 2.32. The molecule has 1 aromatic rings. The molecule has 4 rings (SSSR count). The second kappa shape index (κ2) is 10.9. The number of rotatable bonds is 6. The van der Waals surface area contributed by atoms with Crippen molar-refractivity contribution in [3.8, 4) is 0 Å². The molecule has 3 unspecified atom stereocenters. The van der Waals surface area contributed by atoms with Crippen LogP contribution in [0.1, 0.15) is 37.8 Å². The van der Waals surface area contributed by atoms with Crippen molar-refractivity contribution in [1.29, 1.82) is 0 Å². The molecule has 3 aliphatic rings. The van der Waals surface area contributed by atoms with Gasteiger partial charge in [-0.1, -0.05) is 0 Å². The van der Waals surface area contributed by atoms with Crippen LogP contribution in [0.25, 0.3) is 0 Å².